The van der Waals surface area contributed by atoms with Gasteiger partial charge in [-0.15, -0.1) is 11.8 Å². The highest BCUT2D eigenvalue weighted by Crippen LogP contribution is 2.29. The molecule has 0 aliphatic heterocycles. The van der Waals surface area contributed by atoms with E-state index in [0.717, 1.165) is 21.7 Å². The Kier molecular flexibility index (Phi) is 10.1. The Hall–Kier alpha value is -4.69. The van der Waals surface area contributed by atoms with E-state index in [1.54, 1.807) is 60.9 Å². The highest BCUT2D eigenvalue weighted by Gasteiger charge is 2.20. The van der Waals surface area contributed by atoms with Crippen LogP contribution in [0.15, 0.2) is 108 Å². The van der Waals surface area contributed by atoms with E-state index in [2.05, 4.69) is 20.9 Å². The molecule has 0 bridgehead atoms. The molecule has 1 unspecified atom stereocenters. The fraction of sp³-hybridized carbons (Fsp3) is 0.152. The van der Waals surface area contributed by atoms with Crippen LogP contribution in [0, 0.1) is 13.8 Å². The number of hydrogen-bond donors (Lipinski definition) is 3. The number of carbonyl (C=O) groups is 3. The molecule has 1 aromatic heterocycles. The van der Waals surface area contributed by atoms with Crippen LogP contribution in [-0.2, 0) is 9.59 Å². The van der Waals surface area contributed by atoms with Crippen molar-refractivity contribution in [3.05, 3.63) is 125 Å². The fourth-order valence-electron chi connectivity index (χ4n) is 3.99. The number of amides is 3. The van der Waals surface area contributed by atoms with Crippen LogP contribution < -0.4 is 16.0 Å². The zero-order valence-corrected chi connectivity index (χ0v) is 24.0. The molecule has 0 radical (unpaired) electrons. The van der Waals surface area contributed by atoms with Crippen molar-refractivity contribution >= 4 is 46.9 Å². The molecule has 208 valence electrons. The minimum atomic E-state index is -0.486. The first-order valence-corrected chi connectivity index (χ1v) is 14.1. The molecule has 1 heterocycles. The van der Waals surface area contributed by atoms with Crippen LogP contribution in [0.3, 0.4) is 0 Å². The van der Waals surface area contributed by atoms with Gasteiger partial charge >= 0.3 is 0 Å². The average Bonchev–Trinajstić information content (AvgIpc) is 2.98. The molecule has 3 amide bonds. The Morgan fingerprint density at radius 1 is 0.902 bits per heavy atom. The van der Waals surface area contributed by atoms with Crippen LogP contribution in [0.1, 0.15) is 40.4 Å². The Morgan fingerprint density at radius 2 is 1.71 bits per heavy atom. The third-order valence-corrected chi connectivity index (χ3v) is 7.57. The maximum atomic E-state index is 13.4. The summed E-state index contributed by atoms with van der Waals surface area (Å²) in [6, 6.07) is 25.5. The summed E-state index contributed by atoms with van der Waals surface area (Å²) in [6.45, 7) is 5.93. The molecule has 0 aliphatic carbocycles. The zero-order chi connectivity index (χ0) is 29.2. The normalized spacial score (nSPS) is 11.8. The molecule has 1 atom stereocenters. The van der Waals surface area contributed by atoms with Crippen LogP contribution in [0.4, 0.5) is 11.4 Å². The molecule has 8 heteroatoms. The highest BCUT2D eigenvalue weighted by molar-refractivity contribution is 8.00. The number of benzene rings is 3. The van der Waals surface area contributed by atoms with Crippen molar-refractivity contribution in [3.63, 3.8) is 0 Å². The summed E-state index contributed by atoms with van der Waals surface area (Å²) < 4.78 is 0. The van der Waals surface area contributed by atoms with E-state index in [0.29, 0.717) is 23.2 Å². The van der Waals surface area contributed by atoms with Gasteiger partial charge in [0.25, 0.3) is 11.8 Å². The second kappa shape index (κ2) is 14.1. The molecule has 41 heavy (non-hydrogen) atoms. The van der Waals surface area contributed by atoms with Gasteiger partial charge in [0, 0.05) is 34.2 Å². The Morgan fingerprint density at radius 3 is 2.44 bits per heavy atom. The average molecular weight is 565 g/mol. The fourth-order valence-corrected chi connectivity index (χ4v) is 5.00. The first-order chi connectivity index (χ1) is 19.8. The van der Waals surface area contributed by atoms with Gasteiger partial charge in [-0.3, -0.25) is 19.4 Å². The van der Waals surface area contributed by atoms with Gasteiger partial charge in [-0.05, 0) is 85.5 Å². The van der Waals surface area contributed by atoms with E-state index in [-0.39, 0.29) is 16.9 Å². The summed E-state index contributed by atoms with van der Waals surface area (Å²) in [5, 5.41) is 8.34. The van der Waals surface area contributed by atoms with Crippen molar-refractivity contribution < 1.29 is 14.4 Å². The third-order valence-electron chi connectivity index (χ3n) is 6.21. The molecule has 0 spiro atoms. The minimum absolute atomic E-state index is 0.0734. The summed E-state index contributed by atoms with van der Waals surface area (Å²) >= 11 is 1.43. The lowest BCUT2D eigenvalue weighted by molar-refractivity contribution is -0.116. The second-order valence-electron chi connectivity index (χ2n) is 9.47. The summed E-state index contributed by atoms with van der Waals surface area (Å²) in [6.07, 6.45) is 5.44. The first-order valence-electron chi connectivity index (χ1n) is 13.3. The Labute approximate surface area is 244 Å². The monoisotopic (exact) mass is 564 g/mol. The van der Waals surface area contributed by atoms with Crippen molar-refractivity contribution in [1.82, 2.24) is 10.3 Å². The molecule has 0 fully saturated rings. The highest BCUT2D eigenvalue weighted by atomic mass is 32.2. The smallest absolute Gasteiger partial charge is 0.272 e. The number of carbonyl (C=O) groups excluding carboxylic acids is 3. The Bertz CT molecular complexity index is 1560. The van der Waals surface area contributed by atoms with Crippen LogP contribution in [0.25, 0.3) is 6.08 Å². The van der Waals surface area contributed by atoms with Gasteiger partial charge < -0.3 is 16.0 Å². The lowest BCUT2D eigenvalue weighted by Gasteiger charge is -2.17. The van der Waals surface area contributed by atoms with Crippen molar-refractivity contribution in [1.29, 1.82) is 0 Å². The number of aryl methyl sites for hydroxylation is 2. The lowest BCUT2D eigenvalue weighted by Crippen LogP contribution is -2.30. The molecule has 0 saturated heterocycles. The summed E-state index contributed by atoms with van der Waals surface area (Å²) in [7, 11) is 0. The second-order valence-corrected chi connectivity index (χ2v) is 10.7. The molecule has 4 aromatic rings. The predicted molar refractivity (Wildman–Crippen MR) is 166 cm³/mol. The number of nitrogens with zero attached hydrogens (tertiary/aromatic N) is 1. The van der Waals surface area contributed by atoms with Crippen LogP contribution in [0.2, 0.25) is 0 Å². The first kappa shape index (κ1) is 29.3. The predicted octanol–water partition coefficient (Wildman–Crippen LogP) is 6.62. The third kappa shape index (κ3) is 8.40. The molecule has 4 rings (SSSR count). The van der Waals surface area contributed by atoms with Crippen molar-refractivity contribution in [2.24, 2.45) is 0 Å². The summed E-state index contributed by atoms with van der Waals surface area (Å²) in [5.74, 6) is -0.966. The van der Waals surface area contributed by atoms with Gasteiger partial charge in [0.15, 0.2) is 0 Å². The molecule has 0 aliphatic rings. The van der Waals surface area contributed by atoms with Gasteiger partial charge in [0.05, 0.1) is 5.25 Å². The topological polar surface area (TPSA) is 100 Å². The van der Waals surface area contributed by atoms with Gasteiger partial charge in [-0.1, -0.05) is 49.4 Å². The SMILES string of the molecule is CCC(Sc1cccc(NC(=O)/C(=C/c2cccnc2)NC(=O)c2ccccc2)c1)C(=O)Nc1cc(C)ccc1C. The van der Waals surface area contributed by atoms with Crippen molar-refractivity contribution in [2.45, 2.75) is 37.3 Å². The van der Waals surface area contributed by atoms with E-state index in [4.69, 9.17) is 0 Å². The van der Waals surface area contributed by atoms with Gasteiger partial charge in [-0.2, -0.15) is 0 Å². The largest absolute Gasteiger partial charge is 0.325 e. The van der Waals surface area contributed by atoms with Gasteiger partial charge in [-0.25, -0.2) is 0 Å². The molecule has 3 N–H and O–H groups in total. The number of thioether (sulfide) groups is 1. The maximum Gasteiger partial charge on any atom is 0.272 e. The number of pyridine rings is 1. The standard InChI is InChI=1S/C33H32N4O3S/c1-4-30(33(40)36-28-18-22(2)15-16-23(28)3)41-27-14-8-13-26(20-27)35-32(39)29(19-24-10-9-17-34-21-24)37-31(38)25-11-6-5-7-12-25/h5-21,30H,4H2,1-3H3,(H,35,39)(H,36,40)(H,37,38)/b29-19-. The molecule has 0 saturated carbocycles. The maximum absolute atomic E-state index is 13.4. The molecule has 7 nitrogen and oxygen atoms in total. The zero-order valence-electron chi connectivity index (χ0n) is 23.2. The van der Waals surface area contributed by atoms with E-state index in [1.165, 1.54) is 11.8 Å². The van der Waals surface area contributed by atoms with E-state index in [1.807, 2.05) is 63.2 Å². The van der Waals surface area contributed by atoms with Crippen molar-refractivity contribution in [3.8, 4) is 0 Å². The quantitative estimate of drug-likeness (QED) is 0.149. The van der Waals surface area contributed by atoms with E-state index in [9.17, 15) is 14.4 Å². The molecular formula is C33H32N4O3S. The number of rotatable bonds is 10. The lowest BCUT2D eigenvalue weighted by atomic mass is 10.1. The number of anilines is 2. The van der Waals surface area contributed by atoms with Gasteiger partial charge in [0.2, 0.25) is 5.91 Å². The van der Waals surface area contributed by atoms with Crippen LogP contribution in [-0.4, -0.2) is 28.0 Å². The molecular weight excluding hydrogens is 532 g/mol. The van der Waals surface area contributed by atoms with E-state index < -0.39 is 11.8 Å². The van der Waals surface area contributed by atoms with E-state index >= 15 is 0 Å². The van der Waals surface area contributed by atoms with Gasteiger partial charge in [0.1, 0.15) is 5.70 Å². The number of aromatic nitrogens is 1. The number of nitrogens with one attached hydrogen (secondary N) is 3. The van der Waals surface area contributed by atoms with Crippen molar-refractivity contribution in [2.75, 3.05) is 10.6 Å². The van der Waals surface area contributed by atoms with Crippen LogP contribution >= 0.6 is 11.8 Å². The van der Waals surface area contributed by atoms with Crippen LogP contribution in [0.5, 0.6) is 0 Å². The summed E-state index contributed by atoms with van der Waals surface area (Å²) in [5.41, 5.74) is 4.59. The molecule has 3 aromatic carbocycles. The number of hydrogen-bond acceptors (Lipinski definition) is 5. The minimum Gasteiger partial charge on any atom is -0.325 e. The Balaban J connectivity index is 1.49. The summed E-state index contributed by atoms with van der Waals surface area (Å²) in [4.78, 5) is 44.2.